The van der Waals surface area contributed by atoms with Crippen molar-refractivity contribution in [2.75, 3.05) is 27.9 Å². The van der Waals surface area contributed by atoms with E-state index in [9.17, 15) is 18.0 Å². The van der Waals surface area contributed by atoms with E-state index >= 15 is 0 Å². The van der Waals surface area contributed by atoms with Gasteiger partial charge in [-0.2, -0.15) is 4.39 Å². The first-order valence-electron chi connectivity index (χ1n) is 8.61. The zero-order chi connectivity index (χ0) is 20.6. The SMILES string of the molecule is COc1cc2c(c(OC)c1)C(C)N(C(=O)c1cc(F)c(OC)c(F)c1F)CC2. The smallest absolute Gasteiger partial charge is 0.257 e. The van der Waals surface area contributed by atoms with Crippen LogP contribution < -0.4 is 14.2 Å². The van der Waals surface area contributed by atoms with E-state index < -0.39 is 40.7 Å². The zero-order valence-electron chi connectivity index (χ0n) is 15.9. The van der Waals surface area contributed by atoms with Crippen molar-refractivity contribution in [3.63, 3.8) is 0 Å². The molecule has 1 aliphatic rings. The van der Waals surface area contributed by atoms with E-state index in [2.05, 4.69) is 4.74 Å². The van der Waals surface area contributed by atoms with Crippen molar-refractivity contribution in [2.24, 2.45) is 0 Å². The molecule has 5 nitrogen and oxygen atoms in total. The standard InChI is InChI=1S/C20H20F3NO4/c1-10-16-11(7-12(26-2)8-15(16)27-3)5-6-24(10)20(25)13-9-14(21)19(28-4)18(23)17(13)22/h7-10H,5-6H2,1-4H3. The molecule has 3 rings (SSSR count). The number of fused-ring (bicyclic) bond motifs is 1. The molecule has 1 unspecified atom stereocenters. The van der Waals surface area contributed by atoms with Crippen LogP contribution in [0.25, 0.3) is 0 Å². The van der Waals surface area contributed by atoms with Crippen LogP contribution in [0.1, 0.15) is 34.5 Å². The first-order chi connectivity index (χ1) is 13.3. The molecule has 1 amide bonds. The fourth-order valence-corrected chi connectivity index (χ4v) is 3.57. The van der Waals surface area contributed by atoms with Gasteiger partial charge in [0.15, 0.2) is 17.4 Å². The van der Waals surface area contributed by atoms with Crippen molar-refractivity contribution < 1.29 is 32.2 Å². The van der Waals surface area contributed by atoms with Gasteiger partial charge in [-0.1, -0.05) is 0 Å². The lowest BCUT2D eigenvalue weighted by Crippen LogP contribution is -2.39. The number of ether oxygens (including phenoxy) is 3. The molecule has 0 fully saturated rings. The van der Waals surface area contributed by atoms with Gasteiger partial charge >= 0.3 is 0 Å². The maximum atomic E-state index is 14.4. The van der Waals surface area contributed by atoms with Crippen molar-refractivity contribution >= 4 is 5.91 Å². The Morgan fingerprint density at radius 3 is 2.36 bits per heavy atom. The van der Waals surface area contributed by atoms with Gasteiger partial charge in [-0.25, -0.2) is 8.78 Å². The normalized spacial score (nSPS) is 15.8. The minimum atomic E-state index is -1.53. The monoisotopic (exact) mass is 395 g/mol. The summed E-state index contributed by atoms with van der Waals surface area (Å²) in [4.78, 5) is 14.3. The third-order valence-corrected chi connectivity index (χ3v) is 4.98. The van der Waals surface area contributed by atoms with Crippen LogP contribution in [-0.2, 0) is 6.42 Å². The lowest BCUT2D eigenvalue weighted by atomic mass is 9.91. The molecule has 1 heterocycles. The fourth-order valence-electron chi connectivity index (χ4n) is 3.57. The number of amides is 1. The van der Waals surface area contributed by atoms with Crippen LogP contribution in [0.5, 0.6) is 17.2 Å². The van der Waals surface area contributed by atoms with Gasteiger partial charge in [0.25, 0.3) is 5.91 Å². The molecule has 2 aromatic carbocycles. The summed E-state index contributed by atoms with van der Waals surface area (Å²) in [6.07, 6.45) is 0.460. The topological polar surface area (TPSA) is 48.0 Å². The Balaban J connectivity index is 2.02. The minimum absolute atomic E-state index is 0.248. The Morgan fingerprint density at radius 2 is 1.75 bits per heavy atom. The lowest BCUT2D eigenvalue weighted by molar-refractivity contribution is 0.0668. The molecule has 2 aromatic rings. The molecule has 0 saturated heterocycles. The molecule has 0 aromatic heterocycles. The molecule has 1 aliphatic heterocycles. The number of benzene rings is 2. The van der Waals surface area contributed by atoms with E-state index in [-0.39, 0.29) is 6.54 Å². The predicted molar refractivity (Wildman–Crippen MR) is 95.6 cm³/mol. The molecule has 0 bridgehead atoms. The molecule has 150 valence electrons. The van der Waals surface area contributed by atoms with Crippen LogP contribution in [0.4, 0.5) is 13.2 Å². The molecule has 0 N–H and O–H groups in total. The molecule has 28 heavy (non-hydrogen) atoms. The molecule has 0 saturated carbocycles. The average Bonchev–Trinajstić information content (AvgIpc) is 2.69. The quantitative estimate of drug-likeness (QED) is 0.737. The van der Waals surface area contributed by atoms with Crippen LogP contribution in [0.3, 0.4) is 0 Å². The Morgan fingerprint density at radius 1 is 1.04 bits per heavy atom. The predicted octanol–water partition coefficient (Wildman–Crippen LogP) is 3.89. The van der Waals surface area contributed by atoms with Crippen molar-refractivity contribution in [3.8, 4) is 17.2 Å². The highest BCUT2D eigenvalue weighted by atomic mass is 19.2. The van der Waals surface area contributed by atoms with Gasteiger partial charge in [0, 0.05) is 18.2 Å². The summed E-state index contributed by atoms with van der Waals surface area (Å²) in [5.74, 6) is -4.65. The number of methoxy groups -OCH3 is 3. The van der Waals surface area contributed by atoms with Crippen molar-refractivity contribution in [2.45, 2.75) is 19.4 Å². The summed E-state index contributed by atoms with van der Waals surface area (Å²) in [5.41, 5.74) is 0.997. The number of halogens is 3. The van der Waals surface area contributed by atoms with E-state index in [1.165, 1.54) is 12.0 Å². The van der Waals surface area contributed by atoms with Crippen molar-refractivity contribution in [3.05, 3.63) is 52.3 Å². The second-order valence-electron chi connectivity index (χ2n) is 6.39. The maximum absolute atomic E-state index is 14.4. The summed E-state index contributed by atoms with van der Waals surface area (Å²) in [7, 11) is 4.06. The maximum Gasteiger partial charge on any atom is 0.257 e. The highest BCUT2D eigenvalue weighted by molar-refractivity contribution is 5.95. The Bertz CT molecular complexity index is 915. The van der Waals surface area contributed by atoms with E-state index in [1.54, 1.807) is 20.1 Å². The Kier molecular flexibility index (Phi) is 5.40. The van der Waals surface area contributed by atoms with Gasteiger partial charge in [-0.05, 0) is 31.0 Å². The second kappa shape index (κ2) is 7.61. The summed E-state index contributed by atoms with van der Waals surface area (Å²) in [6.45, 7) is 2.00. The van der Waals surface area contributed by atoms with E-state index in [0.29, 0.717) is 24.0 Å². The van der Waals surface area contributed by atoms with Crippen molar-refractivity contribution in [1.82, 2.24) is 4.90 Å². The van der Waals surface area contributed by atoms with Gasteiger partial charge in [0.1, 0.15) is 11.5 Å². The molecule has 0 spiro atoms. The first-order valence-corrected chi connectivity index (χ1v) is 8.61. The number of hydrogen-bond donors (Lipinski definition) is 0. The molecule has 1 atom stereocenters. The van der Waals surface area contributed by atoms with Crippen LogP contribution in [0.15, 0.2) is 18.2 Å². The lowest BCUT2D eigenvalue weighted by Gasteiger charge is -2.36. The number of hydrogen-bond acceptors (Lipinski definition) is 4. The highest BCUT2D eigenvalue weighted by Gasteiger charge is 2.34. The number of carbonyl (C=O) groups excluding carboxylic acids is 1. The van der Waals surface area contributed by atoms with Gasteiger partial charge in [-0.15, -0.1) is 0 Å². The van der Waals surface area contributed by atoms with Crippen LogP contribution in [0.2, 0.25) is 0 Å². The van der Waals surface area contributed by atoms with Gasteiger partial charge in [0.05, 0.1) is 32.9 Å². The third kappa shape index (κ3) is 3.12. The molecule has 8 heteroatoms. The van der Waals surface area contributed by atoms with Gasteiger partial charge in [-0.3, -0.25) is 4.79 Å². The van der Waals surface area contributed by atoms with Gasteiger partial charge < -0.3 is 19.1 Å². The van der Waals surface area contributed by atoms with E-state index in [1.807, 2.05) is 6.07 Å². The largest absolute Gasteiger partial charge is 0.497 e. The Hall–Kier alpha value is -2.90. The first kappa shape index (κ1) is 19.9. The Labute approximate surface area is 160 Å². The van der Waals surface area contributed by atoms with Gasteiger partial charge in [0.2, 0.25) is 5.82 Å². The summed E-state index contributed by atoms with van der Waals surface area (Å²) in [6, 6.07) is 3.71. The third-order valence-electron chi connectivity index (χ3n) is 4.98. The molecule has 0 radical (unpaired) electrons. The number of rotatable bonds is 4. The van der Waals surface area contributed by atoms with Crippen LogP contribution >= 0.6 is 0 Å². The number of nitrogens with zero attached hydrogens (tertiary/aromatic N) is 1. The van der Waals surface area contributed by atoms with Crippen molar-refractivity contribution in [1.29, 1.82) is 0 Å². The average molecular weight is 395 g/mol. The highest BCUT2D eigenvalue weighted by Crippen LogP contribution is 2.40. The van der Waals surface area contributed by atoms with Crippen LogP contribution in [0, 0.1) is 17.5 Å². The summed E-state index contributed by atoms with van der Waals surface area (Å²) < 4.78 is 57.7. The molecule has 0 aliphatic carbocycles. The minimum Gasteiger partial charge on any atom is -0.497 e. The fraction of sp³-hybridized carbons (Fsp3) is 0.350. The molecular formula is C20H20F3NO4. The summed E-state index contributed by atoms with van der Waals surface area (Å²) >= 11 is 0. The second-order valence-corrected chi connectivity index (χ2v) is 6.39. The number of carbonyl (C=O) groups is 1. The molecular weight excluding hydrogens is 375 g/mol. The zero-order valence-corrected chi connectivity index (χ0v) is 15.9. The van der Waals surface area contributed by atoms with E-state index in [4.69, 9.17) is 9.47 Å². The summed E-state index contributed by atoms with van der Waals surface area (Å²) in [5, 5.41) is 0. The van der Waals surface area contributed by atoms with Crippen LogP contribution in [-0.4, -0.2) is 38.7 Å². The van der Waals surface area contributed by atoms with E-state index in [0.717, 1.165) is 18.2 Å².